The second-order valence-electron chi connectivity index (χ2n) is 5.96. The third kappa shape index (κ3) is 6.77. The number of hydrogen-bond acceptors (Lipinski definition) is 4. The summed E-state index contributed by atoms with van der Waals surface area (Å²) in [5, 5.41) is 6.26. The maximum Gasteiger partial charge on any atom is 0.255 e. The van der Waals surface area contributed by atoms with E-state index in [-0.39, 0.29) is 18.3 Å². The average Bonchev–Trinajstić information content (AvgIpc) is 2.67. The molecule has 2 aromatic rings. The number of anilines is 1. The standard InChI is InChI=1S/C21H28N2O3.ClH/c1-4-6-13-26-19-12-11-16(14-20(19)25-3)21(24)23-18-10-8-7-9-17(18)15-22-5-2;/h7-12,14,22H,4-6,13,15H2,1-3H3,(H,23,24);1H. The van der Waals surface area contributed by atoms with Crippen LogP contribution in [0.4, 0.5) is 5.69 Å². The van der Waals surface area contributed by atoms with Gasteiger partial charge in [-0.2, -0.15) is 0 Å². The number of rotatable bonds is 10. The van der Waals surface area contributed by atoms with E-state index >= 15 is 0 Å². The fraction of sp³-hybridized carbons (Fsp3) is 0.381. The van der Waals surface area contributed by atoms with Gasteiger partial charge >= 0.3 is 0 Å². The number of amides is 1. The number of unbranched alkanes of at least 4 members (excludes halogenated alkanes) is 1. The highest BCUT2D eigenvalue weighted by Gasteiger charge is 2.13. The molecule has 0 saturated carbocycles. The first-order chi connectivity index (χ1) is 12.7. The van der Waals surface area contributed by atoms with Gasteiger partial charge in [0.2, 0.25) is 0 Å². The maximum absolute atomic E-state index is 12.7. The molecule has 27 heavy (non-hydrogen) atoms. The average molecular weight is 393 g/mol. The minimum atomic E-state index is -0.174. The van der Waals surface area contributed by atoms with E-state index in [9.17, 15) is 4.79 Å². The zero-order valence-corrected chi connectivity index (χ0v) is 17.0. The number of hydrogen-bond donors (Lipinski definition) is 2. The highest BCUT2D eigenvalue weighted by molar-refractivity contribution is 6.05. The van der Waals surface area contributed by atoms with E-state index in [1.807, 2.05) is 24.3 Å². The third-order valence-electron chi connectivity index (χ3n) is 4.01. The summed E-state index contributed by atoms with van der Waals surface area (Å²) in [4.78, 5) is 12.7. The molecule has 0 aliphatic rings. The van der Waals surface area contributed by atoms with E-state index in [0.29, 0.717) is 30.2 Å². The highest BCUT2D eigenvalue weighted by Crippen LogP contribution is 2.29. The predicted octanol–water partition coefficient (Wildman–Crippen LogP) is 4.66. The molecular formula is C21H29ClN2O3. The van der Waals surface area contributed by atoms with Crippen LogP contribution in [0.3, 0.4) is 0 Å². The Bertz CT molecular complexity index is 722. The normalized spacial score (nSPS) is 10.0. The molecule has 0 bridgehead atoms. The minimum Gasteiger partial charge on any atom is -0.493 e. The molecule has 5 nitrogen and oxygen atoms in total. The van der Waals surface area contributed by atoms with Crippen molar-refractivity contribution in [3.05, 3.63) is 53.6 Å². The van der Waals surface area contributed by atoms with E-state index < -0.39 is 0 Å². The van der Waals surface area contributed by atoms with Crippen molar-refractivity contribution >= 4 is 24.0 Å². The van der Waals surface area contributed by atoms with Gasteiger partial charge in [-0.15, -0.1) is 12.4 Å². The van der Waals surface area contributed by atoms with Gasteiger partial charge in [0.05, 0.1) is 13.7 Å². The molecule has 2 rings (SSSR count). The van der Waals surface area contributed by atoms with Gasteiger partial charge in [-0.1, -0.05) is 38.5 Å². The molecule has 0 spiro atoms. The second kappa shape index (κ2) is 12.2. The number of halogens is 1. The van der Waals surface area contributed by atoms with E-state index in [2.05, 4.69) is 24.5 Å². The number of carbonyl (C=O) groups excluding carboxylic acids is 1. The molecule has 2 N–H and O–H groups in total. The summed E-state index contributed by atoms with van der Waals surface area (Å²) >= 11 is 0. The zero-order valence-electron chi connectivity index (χ0n) is 16.2. The fourth-order valence-electron chi connectivity index (χ4n) is 2.51. The van der Waals surface area contributed by atoms with Gasteiger partial charge in [0.15, 0.2) is 11.5 Å². The number of para-hydroxylation sites is 1. The molecule has 0 aliphatic heterocycles. The van der Waals surface area contributed by atoms with E-state index in [1.54, 1.807) is 25.3 Å². The first kappa shape index (κ1) is 22.8. The van der Waals surface area contributed by atoms with Crippen LogP contribution in [0, 0.1) is 0 Å². The van der Waals surface area contributed by atoms with Crippen LogP contribution in [0.15, 0.2) is 42.5 Å². The minimum absolute atomic E-state index is 0. The van der Waals surface area contributed by atoms with E-state index in [4.69, 9.17) is 9.47 Å². The molecule has 0 unspecified atom stereocenters. The van der Waals surface area contributed by atoms with Crippen molar-refractivity contribution in [1.82, 2.24) is 5.32 Å². The monoisotopic (exact) mass is 392 g/mol. The van der Waals surface area contributed by atoms with Crippen molar-refractivity contribution in [3.8, 4) is 11.5 Å². The molecule has 0 fully saturated rings. The molecule has 0 heterocycles. The molecular weight excluding hydrogens is 364 g/mol. The zero-order chi connectivity index (χ0) is 18.8. The molecule has 0 aromatic heterocycles. The first-order valence-electron chi connectivity index (χ1n) is 9.10. The number of methoxy groups -OCH3 is 1. The van der Waals surface area contributed by atoms with Gasteiger partial charge in [-0.25, -0.2) is 0 Å². The first-order valence-corrected chi connectivity index (χ1v) is 9.10. The fourth-order valence-corrected chi connectivity index (χ4v) is 2.51. The lowest BCUT2D eigenvalue weighted by molar-refractivity contribution is 0.102. The molecule has 148 valence electrons. The van der Waals surface area contributed by atoms with Gasteiger partial charge in [-0.05, 0) is 42.8 Å². The summed E-state index contributed by atoms with van der Waals surface area (Å²) in [5.41, 5.74) is 2.39. The molecule has 0 radical (unpaired) electrons. The van der Waals surface area contributed by atoms with Crippen LogP contribution >= 0.6 is 12.4 Å². The smallest absolute Gasteiger partial charge is 0.255 e. The Morgan fingerprint density at radius 1 is 1.07 bits per heavy atom. The Morgan fingerprint density at radius 2 is 1.85 bits per heavy atom. The SMILES string of the molecule is CCCCOc1ccc(C(=O)Nc2ccccc2CNCC)cc1OC.Cl. The van der Waals surface area contributed by atoms with Gasteiger partial charge in [0.25, 0.3) is 5.91 Å². The maximum atomic E-state index is 12.7. The predicted molar refractivity (Wildman–Crippen MR) is 112 cm³/mol. The lowest BCUT2D eigenvalue weighted by Gasteiger charge is -2.14. The molecule has 0 atom stereocenters. The van der Waals surface area contributed by atoms with Crippen LogP contribution in [0.25, 0.3) is 0 Å². The van der Waals surface area contributed by atoms with E-state index in [0.717, 1.165) is 30.6 Å². The summed E-state index contributed by atoms with van der Waals surface area (Å²) in [6.45, 7) is 6.38. The lowest BCUT2D eigenvalue weighted by Crippen LogP contribution is -2.17. The third-order valence-corrected chi connectivity index (χ3v) is 4.01. The number of nitrogens with one attached hydrogen (secondary N) is 2. The van der Waals surface area contributed by atoms with Crippen LogP contribution in [0.2, 0.25) is 0 Å². The Hall–Kier alpha value is -2.24. The van der Waals surface area contributed by atoms with Crippen molar-refractivity contribution in [3.63, 3.8) is 0 Å². The Morgan fingerprint density at radius 3 is 2.56 bits per heavy atom. The summed E-state index contributed by atoms with van der Waals surface area (Å²) in [5.74, 6) is 1.05. The van der Waals surface area contributed by atoms with Crippen LogP contribution in [-0.4, -0.2) is 26.2 Å². The number of benzene rings is 2. The second-order valence-corrected chi connectivity index (χ2v) is 5.96. The van der Waals surface area contributed by atoms with Crippen molar-refractivity contribution in [2.45, 2.75) is 33.2 Å². The Balaban J connectivity index is 0.00000364. The highest BCUT2D eigenvalue weighted by atomic mass is 35.5. The van der Waals surface area contributed by atoms with E-state index in [1.165, 1.54) is 0 Å². The molecule has 1 amide bonds. The van der Waals surface area contributed by atoms with Gasteiger partial charge in [0.1, 0.15) is 0 Å². The van der Waals surface area contributed by atoms with Crippen LogP contribution in [0.1, 0.15) is 42.6 Å². The van der Waals surface area contributed by atoms with Crippen molar-refractivity contribution in [2.75, 3.05) is 25.6 Å². The van der Waals surface area contributed by atoms with Crippen molar-refractivity contribution in [1.29, 1.82) is 0 Å². The van der Waals surface area contributed by atoms with Crippen molar-refractivity contribution < 1.29 is 14.3 Å². The topological polar surface area (TPSA) is 59.6 Å². The molecule has 0 aliphatic carbocycles. The van der Waals surface area contributed by atoms with Crippen LogP contribution in [0.5, 0.6) is 11.5 Å². The largest absolute Gasteiger partial charge is 0.493 e. The summed E-state index contributed by atoms with van der Waals surface area (Å²) in [7, 11) is 1.58. The Kier molecular flexibility index (Phi) is 10.3. The van der Waals surface area contributed by atoms with Crippen LogP contribution < -0.4 is 20.1 Å². The van der Waals surface area contributed by atoms with Crippen molar-refractivity contribution in [2.24, 2.45) is 0 Å². The molecule has 2 aromatic carbocycles. The summed E-state index contributed by atoms with van der Waals surface area (Å²) < 4.78 is 11.1. The van der Waals surface area contributed by atoms with Gasteiger partial charge in [-0.3, -0.25) is 4.79 Å². The molecule has 0 saturated heterocycles. The number of carbonyl (C=O) groups is 1. The summed E-state index contributed by atoms with van der Waals surface area (Å²) in [6.07, 6.45) is 2.04. The quantitative estimate of drug-likeness (QED) is 0.577. The number of ether oxygens (including phenoxy) is 2. The van der Waals surface area contributed by atoms with Crippen LogP contribution in [-0.2, 0) is 6.54 Å². The Labute approximate surface area is 167 Å². The summed E-state index contributed by atoms with van der Waals surface area (Å²) in [6, 6.07) is 13.0. The molecule has 6 heteroatoms. The lowest BCUT2D eigenvalue weighted by atomic mass is 10.1. The van der Waals surface area contributed by atoms with Gasteiger partial charge < -0.3 is 20.1 Å². The van der Waals surface area contributed by atoms with Gasteiger partial charge in [0, 0.05) is 17.8 Å².